The van der Waals surface area contributed by atoms with E-state index in [1.165, 1.54) is 7.11 Å². The van der Waals surface area contributed by atoms with Gasteiger partial charge in [-0.05, 0) is 17.7 Å². The average Bonchev–Trinajstić information content (AvgIpc) is 2.31. The van der Waals surface area contributed by atoms with E-state index in [1.807, 2.05) is 6.07 Å². The lowest BCUT2D eigenvalue weighted by Gasteiger charge is -2.03. The van der Waals surface area contributed by atoms with Gasteiger partial charge in [-0.3, -0.25) is 4.79 Å². The second-order valence-electron chi connectivity index (χ2n) is 3.30. The number of nitrogens with two attached hydrogens (primary N) is 1. The summed E-state index contributed by atoms with van der Waals surface area (Å²) in [5.74, 6) is -0.283. The van der Waals surface area contributed by atoms with Crippen LogP contribution in [-0.2, 0) is 16.1 Å². The Kier molecular flexibility index (Phi) is 4.54. The third kappa shape index (κ3) is 3.40. The van der Waals surface area contributed by atoms with E-state index in [1.54, 1.807) is 24.3 Å². The number of aliphatic hydroxyl groups excluding tert-OH is 1. The van der Waals surface area contributed by atoms with Gasteiger partial charge in [0.15, 0.2) is 0 Å². The highest BCUT2D eigenvalue weighted by atomic mass is 16.5. The molecule has 0 saturated carbocycles. The first-order valence-corrected chi connectivity index (χ1v) is 4.90. The number of ether oxygens (including phenoxy) is 1. The number of hydrogen-bond acceptors (Lipinski definition) is 4. The molecule has 0 aliphatic carbocycles. The Bertz CT molecular complexity index is 399. The average molecular weight is 221 g/mol. The predicted molar refractivity (Wildman–Crippen MR) is 62.4 cm³/mol. The number of nitrogen functional groups attached to an aromatic ring is 1. The third-order valence-corrected chi connectivity index (χ3v) is 2.16. The Morgan fingerprint density at radius 3 is 2.94 bits per heavy atom. The molecule has 0 radical (unpaired) electrons. The van der Waals surface area contributed by atoms with Gasteiger partial charge < -0.3 is 15.6 Å². The van der Waals surface area contributed by atoms with E-state index < -0.39 is 0 Å². The standard InChI is InChI=1S/C12H15NO3/c1-16-12(15)4-2-3-9-5-6-11(13)10(7-9)8-14/h2-3,5-7,14H,4,8,13H2,1H3. The molecule has 1 aromatic rings. The van der Waals surface area contributed by atoms with Crippen molar-refractivity contribution in [3.63, 3.8) is 0 Å². The minimum absolute atomic E-state index is 0.0927. The molecule has 0 unspecified atom stereocenters. The van der Waals surface area contributed by atoms with Crippen LogP contribution in [0.15, 0.2) is 24.3 Å². The third-order valence-electron chi connectivity index (χ3n) is 2.16. The molecule has 0 aliphatic heterocycles. The molecule has 0 bridgehead atoms. The fourth-order valence-electron chi connectivity index (χ4n) is 1.24. The molecule has 3 N–H and O–H groups in total. The van der Waals surface area contributed by atoms with Crippen LogP contribution in [0.5, 0.6) is 0 Å². The number of rotatable bonds is 4. The fraction of sp³-hybridized carbons (Fsp3) is 0.250. The van der Waals surface area contributed by atoms with Gasteiger partial charge in [-0.25, -0.2) is 0 Å². The highest BCUT2D eigenvalue weighted by molar-refractivity contribution is 5.72. The minimum Gasteiger partial charge on any atom is -0.469 e. The SMILES string of the molecule is COC(=O)CC=Cc1ccc(N)c(CO)c1. The van der Waals surface area contributed by atoms with Gasteiger partial charge in [-0.15, -0.1) is 0 Å². The molecule has 0 aliphatic rings. The Morgan fingerprint density at radius 1 is 1.56 bits per heavy atom. The zero-order valence-electron chi connectivity index (χ0n) is 9.14. The molecule has 0 saturated heterocycles. The molecule has 0 amide bonds. The van der Waals surface area contributed by atoms with Crippen LogP contribution in [0.4, 0.5) is 5.69 Å². The van der Waals surface area contributed by atoms with E-state index in [0.717, 1.165) is 5.56 Å². The molecular weight excluding hydrogens is 206 g/mol. The summed E-state index contributed by atoms with van der Waals surface area (Å²) in [4.78, 5) is 10.8. The van der Waals surface area contributed by atoms with E-state index in [9.17, 15) is 4.79 Å². The molecule has 0 spiro atoms. The molecule has 0 atom stereocenters. The number of benzene rings is 1. The maximum absolute atomic E-state index is 10.8. The van der Waals surface area contributed by atoms with Crippen LogP contribution >= 0.6 is 0 Å². The van der Waals surface area contributed by atoms with Crippen molar-refractivity contribution in [2.24, 2.45) is 0 Å². The smallest absolute Gasteiger partial charge is 0.309 e. The maximum atomic E-state index is 10.8. The molecule has 0 fully saturated rings. The quantitative estimate of drug-likeness (QED) is 0.594. The van der Waals surface area contributed by atoms with E-state index in [4.69, 9.17) is 10.8 Å². The van der Waals surface area contributed by atoms with Crippen molar-refractivity contribution in [1.29, 1.82) is 0 Å². The largest absolute Gasteiger partial charge is 0.469 e. The van der Waals surface area contributed by atoms with Gasteiger partial charge in [0.2, 0.25) is 0 Å². The summed E-state index contributed by atoms with van der Waals surface area (Å²) in [6.45, 7) is -0.0927. The minimum atomic E-state index is -0.283. The van der Waals surface area contributed by atoms with Gasteiger partial charge in [-0.1, -0.05) is 18.2 Å². The van der Waals surface area contributed by atoms with E-state index in [-0.39, 0.29) is 19.0 Å². The molecule has 1 aromatic carbocycles. The molecular formula is C12H15NO3. The number of esters is 1. The van der Waals surface area contributed by atoms with Gasteiger partial charge in [0.05, 0.1) is 20.1 Å². The predicted octanol–water partition coefficient (Wildman–Crippen LogP) is 1.34. The summed E-state index contributed by atoms with van der Waals surface area (Å²) in [7, 11) is 1.35. The Morgan fingerprint density at radius 2 is 2.31 bits per heavy atom. The molecule has 86 valence electrons. The van der Waals surface area contributed by atoms with Gasteiger partial charge in [-0.2, -0.15) is 0 Å². The highest BCUT2D eigenvalue weighted by Gasteiger charge is 1.98. The second-order valence-corrected chi connectivity index (χ2v) is 3.30. The lowest BCUT2D eigenvalue weighted by Crippen LogP contribution is -1.97. The highest BCUT2D eigenvalue weighted by Crippen LogP contribution is 2.15. The van der Waals surface area contributed by atoms with Crippen molar-refractivity contribution < 1.29 is 14.6 Å². The van der Waals surface area contributed by atoms with Crippen molar-refractivity contribution in [2.75, 3.05) is 12.8 Å². The van der Waals surface area contributed by atoms with Crippen LogP contribution < -0.4 is 5.73 Å². The Hall–Kier alpha value is -1.81. The number of carbonyl (C=O) groups is 1. The number of methoxy groups -OCH3 is 1. The van der Waals surface area contributed by atoms with Crippen LogP contribution in [0.3, 0.4) is 0 Å². The van der Waals surface area contributed by atoms with Crippen molar-refractivity contribution in [1.82, 2.24) is 0 Å². The summed E-state index contributed by atoms with van der Waals surface area (Å²) in [6.07, 6.45) is 3.73. The van der Waals surface area contributed by atoms with Gasteiger partial charge in [0.25, 0.3) is 0 Å². The summed E-state index contributed by atoms with van der Waals surface area (Å²) < 4.78 is 4.50. The van der Waals surface area contributed by atoms with Crippen LogP contribution in [0, 0.1) is 0 Å². The first kappa shape index (κ1) is 12.3. The van der Waals surface area contributed by atoms with Gasteiger partial charge in [0.1, 0.15) is 0 Å². The van der Waals surface area contributed by atoms with Crippen molar-refractivity contribution in [3.8, 4) is 0 Å². The summed E-state index contributed by atoms with van der Waals surface area (Å²) >= 11 is 0. The second kappa shape index (κ2) is 5.92. The van der Waals surface area contributed by atoms with E-state index in [0.29, 0.717) is 11.3 Å². The zero-order chi connectivity index (χ0) is 12.0. The summed E-state index contributed by atoms with van der Waals surface area (Å²) in [5.41, 5.74) is 7.77. The lowest BCUT2D eigenvalue weighted by atomic mass is 10.1. The number of hydrogen-bond donors (Lipinski definition) is 2. The summed E-state index contributed by atoms with van der Waals surface area (Å²) in [5, 5.41) is 9.02. The topological polar surface area (TPSA) is 72.5 Å². The Labute approximate surface area is 94.3 Å². The van der Waals surface area contributed by atoms with Gasteiger partial charge >= 0.3 is 5.97 Å². The number of aliphatic hydroxyl groups is 1. The first-order valence-electron chi connectivity index (χ1n) is 4.90. The Balaban J connectivity index is 2.70. The molecule has 4 nitrogen and oxygen atoms in total. The van der Waals surface area contributed by atoms with Crippen molar-refractivity contribution in [2.45, 2.75) is 13.0 Å². The summed E-state index contributed by atoms with van der Waals surface area (Å²) in [6, 6.07) is 5.33. The molecule has 0 heterocycles. The molecule has 1 rings (SSSR count). The van der Waals surface area contributed by atoms with Gasteiger partial charge in [0, 0.05) is 11.3 Å². The molecule has 4 heteroatoms. The van der Waals surface area contributed by atoms with Crippen LogP contribution in [-0.4, -0.2) is 18.2 Å². The molecule has 16 heavy (non-hydrogen) atoms. The van der Waals surface area contributed by atoms with Crippen LogP contribution in [0.25, 0.3) is 6.08 Å². The number of carbonyl (C=O) groups excluding carboxylic acids is 1. The number of anilines is 1. The monoisotopic (exact) mass is 221 g/mol. The van der Waals surface area contributed by atoms with E-state index in [2.05, 4.69) is 4.74 Å². The van der Waals surface area contributed by atoms with Crippen LogP contribution in [0.2, 0.25) is 0 Å². The fourth-order valence-corrected chi connectivity index (χ4v) is 1.24. The maximum Gasteiger partial charge on any atom is 0.309 e. The first-order chi connectivity index (χ1) is 7.67. The van der Waals surface area contributed by atoms with Crippen molar-refractivity contribution in [3.05, 3.63) is 35.4 Å². The lowest BCUT2D eigenvalue weighted by molar-refractivity contribution is -0.139. The van der Waals surface area contributed by atoms with Crippen LogP contribution in [0.1, 0.15) is 17.5 Å². The van der Waals surface area contributed by atoms with E-state index >= 15 is 0 Å². The zero-order valence-corrected chi connectivity index (χ0v) is 9.14. The molecule has 0 aromatic heterocycles. The van der Waals surface area contributed by atoms with Crippen molar-refractivity contribution >= 4 is 17.7 Å². The normalized spacial score (nSPS) is 10.6.